The molecule has 8 nitrogen and oxygen atoms in total. The van der Waals surface area contributed by atoms with Crippen LogP contribution in [0.25, 0.3) is 10.9 Å². The van der Waals surface area contributed by atoms with E-state index in [2.05, 4.69) is 10.3 Å². The summed E-state index contributed by atoms with van der Waals surface area (Å²) >= 11 is 0. The number of aliphatic carboxylic acids is 1. The number of aromatic nitrogens is 1. The van der Waals surface area contributed by atoms with Crippen LogP contribution in [0.2, 0.25) is 1.41 Å². The molecule has 9 heteroatoms. The van der Waals surface area contributed by atoms with Crippen LogP contribution >= 0.6 is 0 Å². The smallest absolute Gasteiger partial charge is 0.548 e. The van der Waals surface area contributed by atoms with E-state index in [1.165, 1.54) is 0 Å². The van der Waals surface area contributed by atoms with Gasteiger partial charge in [0.25, 0.3) is 0 Å². The summed E-state index contributed by atoms with van der Waals surface area (Å²) in [6, 6.07) is 5.24. The predicted octanol–water partition coefficient (Wildman–Crippen LogP) is -4.46. The summed E-state index contributed by atoms with van der Waals surface area (Å²) < 4.78 is 6.96. The summed E-state index contributed by atoms with van der Waals surface area (Å²) in [7, 11) is 0. The van der Waals surface area contributed by atoms with Gasteiger partial charge in [0, 0.05) is 29.9 Å². The molecule has 0 aliphatic heterocycles. The van der Waals surface area contributed by atoms with Crippen molar-refractivity contribution in [3.8, 4) is 0 Å². The van der Waals surface area contributed by atoms with Crippen molar-refractivity contribution in [1.29, 1.82) is 0 Å². The third-order valence-electron chi connectivity index (χ3n) is 3.72. The molecule has 1 heterocycles. The first-order valence-electron chi connectivity index (χ1n) is 7.94. The molecule has 0 spiro atoms. The second kappa shape index (κ2) is 9.57. The van der Waals surface area contributed by atoms with Gasteiger partial charge in [-0.25, -0.2) is 0 Å². The van der Waals surface area contributed by atoms with E-state index in [1.54, 1.807) is 6.20 Å². The van der Waals surface area contributed by atoms with Crippen molar-refractivity contribution in [1.82, 2.24) is 10.3 Å². The summed E-state index contributed by atoms with van der Waals surface area (Å²) in [5.74, 6) is -2.71. The van der Waals surface area contributed by atoms with Crippen molar-refractivity contribution in [2.75, 3.05) is 0 Å². The number of nitrogens with one attached hydrogen (secondary N) is 2. The molecule has 0 unspecified atom stereocenters. The maximum absolute atomic E-state index is 11.9. The molecule has 128 valence electrons. The van der Waals surface area contributed by atoms with E-state index in [1.807, 2.05) is 30.0 Å². The number of hydrogen-bond acceptors (Lipinski definition) is 5. The molecule has 2 aromatic rings. The molecule has 1 aromatic carbocycles. The SMILES string of the molecule is [2H]N[C@H](CCC(=O)N[C@@H](Cc1c[nH]c2ccccc12)C(=O)[O-])C(N)=O.[Na+]. The van der Waals surface area contributed by atoms with Gasteiger partial charge in [-0.15, -0.1) is 0 Å². The van der Waals surface area contributed by atoms with Crippen LogP contribution in [0, 0.1) is 0 Å². The van der Waals surface area contributed by atoms with E-state index in [0.717, 1.165) is 16.5 Å². The van der Waals surface area contributed by atoms with Crippen molar-refractivity contribution in [3.63, 3.8) is 0 Å². The standard InChI is InChI=1S/C16H20N4O4.Na/c17-11(15(18)22)5-6-14(21)20-13(16(23)24)7-9-8-19-12-4-2-1-3-10(9)12;/h1-4,8,11,13,19H,5-7,17H2,(H2,18,22)(H,20,21)(H,23,24);/q;+1/p-1/t11-,13+;/m1./s1/i/hD. The first kappa shape index (κ1) is 19.5. The molecular formula is C16H19N4NaO4. The second-order valence-electron chi connectivity index (χ2n) is 5.50. The monoisotopic (exact) mass is 355 g/mol. The van der Waals surface area contributed by atoms with E-state index in [0.29, 0.717) is 0 Å². The number of nitrogens with two attached hydrogens (primary N) is 2. The number of carboxylic acid groups (broad SMARTS) is 1. The largest absolute Gasteiger partial charge is 1.00 e. The summed E-state index contributed by atoms with van der Waals surface area (Å²) in [5.41, 5.74) is 8.63. The number of benzene rings is 1. The number of para-hydroxylation sites is 1. The zero-order valence-corrected chi connectivity index (χ0v) is 15.9. The topological polar surface area (TPSA) is 154 Å². The third-order valence-corrected chi connectivity index (χ3v) is 3.72. The van der Waals surface area contributed by atoms with Crippen molar-refractivity contribution < 1.29 is 50.5 Å². The van der Waals surface area contributed by atoms with Gasteiger partial charge in [0.15, 0.2) is 0 Å². The van der Waals surface area contributed by atoms with Crippen LogP contribution in [0.5, 0.6) is 0 Å². The molecule has 2 atom stereocenters. The minimum atomic E-state index is -1.40. The van der Waals surface area contributed by atoms with Crippen LogP contribution in [-0.2, 0) is 20.8 Å². The van der Waals surface area contributed by atoms with Crippen LogP contribution in [0.15, 0.2) is 30.5 Å². The fourth-order valence-corrected chi connectivity index (χ4v) is 2.40. The van der Waals surface area contributed by atoms with Gasteiger partial charge in [0.05, 0.1) is 18.1 Å². The Kier molecular flexibility index (Phi) is 7.45. The maximum Gasteiger partial charge on any atom is 1.00 e. The van der Waals surface area contributed by atoms with Crippen molar-refractivity contribution in [2.45, 2.75) is 31.3 Å². The first-order chi connectivity index (χ1) is 11.9. The van der Waals surface area contributed by atoms with Crippen molar-refractivity contribution in [2.24, 2.45) is 11.5 Å². The number of aromatic amines is 1. The number of primary amides is 1. The molecule has 0 aliphatic carbocycles. The van der Waals surface area contributed by atoms with E-state index >= 15 is 0 Å². The number of rotatable bonds is 9. The molecule has 0 saturated carbocycles. The van der Waals surface area contributed by atoms with E-state index in [-0.39, 0.29) is 48.8 Å². The van der Waals surface area contributed by atoms with Gasteiger partial charge in [0.1, 0.15) is 1.41 Å². The normalized spacial score (nSPS) is 13.4. The fraction of sp³-hybridized carbons (Fsp3) is 0.312. The van der Waals surface area contributed by atoms with Crippen molar-refractivity contribution >= 4 is 28.7 Å². The summed E-state index contributed by atoms with van der Waals surface area (Å²) in [5, 5.41) is 14.6. The number of carbonyl (C=O) groups excluding carboxylic acids is 3. The Morgan fingerprint density at radius 3 is 2.68 bits per heavy atom. The minimum absolute atomic E-state index is 0. The molecule has 2 amide bonds. The molecule has 0 bridgehead atoms. The van der Waals surface area contributed by atoms with Crippen LogP contribution in [-0.4, -0.2) is 34.9 Å². The molecule has 25 heavy (non-hydrogen) atoms. The Morgan fingerprint density at radius 1 is 1.32 bits per heavy atom. The average Bonchev–Trinajstić information content (AvgIpc) is 2.97. The number of amides is 2. The molecule has 0 radical (unpaired) electrons. The average molecular weight is 355 g/mol. The Morgan fingerprint density at radius 2 is 2.04 bits per heavy atom. The number of fused-ring (bicyclic) bond motifs is 1. The van der Waals surface area contributed by atoms with Gasteiger partial charge >= 0.3 is 29.6 Å². The zero-order valence-electron chi connectivity index (χ0n) is 14.9. The minimum Gasteiger partial charge on any atom is -0.548 e. The van der Waals surface area contributed by atoms with Gasteiger partial charge in [-0.2, -0.15) is 0 Å². The van der Waals surface area contributed by atoms with Gasteiger partial charge < -0.3 is 31.7 Å². The summed E-state index contributed by atoms with van der Waals surface area (Å²) in [4.78, 5) is 37.3. The van der Waals surface area contributed by atoms with Gasteiger partial charge in [-0.3, -0.25) is 9.59 Å². The zero-order chi connectivity index (χ0) is 18.4. The first-order valence-corrected chi connectivity index (χ1v) is 7.44. The Bertz CT molecular complexity index is 782. The number of carboxylic acids is 1. The maximum atomic E-state index is 11.9. The fourth-order valence-electron chi connectivity index (χ4n) is 2.40. The molecular weight excluding hydrogens is 335 g/mol. The van der Waals surface area contributed by atoms with Gasteiger partial charge in [-0.1, -0.05) is 18.2 Å². The molecule has 0 saturated heterocycles. The third kappa shape index (κ3) is 5.86. The van der Waals surface area contributed by atoms with Crippen molar-refractivity contribution in [3.05, 3.63) is 36.0 Å². The summed E-state index contributed by atoms with van der Waals surface area (Å²) in [6.07, 6.45) is 1.61. The van der Waals surface area contributed by atoms with Crippen LogP contribution < -0.4 is 51.4 Å². The quantitative estimate of drug-likeness (QED) is 0.334. The Labute approximate surface area is 168 Å². The second-order valence-corrected chi connectivity index (χ2v) is 5.50. The number of carbonyl (C=O) groups is 3. The predicted molar refractivity (Wildman–Crippen MR) is 85.3 cm³/mol. The Balaban J connectivity index is 0.00000338. The molecule has 0 fully saturated rings. The Hall–Kier alpha value is -1.87. The van der Waals surface area contributed by atoms with E-state index < -0.39 is 29.9 Å². The molecule has 6 N–H and O–H groups in total. The van der Waals surface area contributed by atoms with E-state index in [9.17, 15) is 19.5 Å². The van der Waals surface area contributed by atoms with Gasteiger partial charge in [-0.05, 0) is 18.1 Å². The van der Waals surface area contributed by atoms with Crippen LogP contribution in [0.1, 0.15) is 18.4 Å². The number of H-pyrrole nitrogens is 1. The summed E-state index contributed by atoms with van der Waals surface area (Å²) in [6.45, 7) is 0. The van der Waals surface area contributed by atoms with Crippen LogP contribution in [0.3, 0.4) is 0 Å². The van der Waals surface area contributed by atoms with E-state index in [4.69, 9.17) is 7.15 Å². The number of hydrogen-bond donors (Lipinski definition) is 4. The van der Waals surface area contributed by atoms with Gasteiger partial charge in [0.2, 0.25) is 11.8 Å². The molecule has 1 aromatic heterocycles. The molecule has 2 rings (SSSR count). The molecule has 0 aliphatic rings. The van der Waals surface area contributed by atoms with Crippen LogP contribution in [0.4, 0.5) is 0 Å².